The third kappa shape index (κ3) is 5.56. The highest BCUT2D eigenvalue weighted by Crippen LogP contribution is 2.28. The minimum atomic E-state index is -0.781. The fourth-order valence-electron chi connectivity index (χ4n) is 2.57. The van der Waals surface area contributed by atoms with E-state index in [0.717, 1.165) is 33.4 Å². The summed E-state index contributed by atoms with van der Waals surface area (Å²) in [5.41, 5.74) is 3.89. The van der Waals surface area contributed by atoms with Crippen LogP contribution >= 0.6 is 11.3 Å². The summed E-state index contributed by atoms with van der Waals surface area (Å²) in [5, 5.41) is 14.9. The van der Waals surface area contributed by atoms with Crippen LogP contribution in [0.5, 0.6) is 5.75 Å². The maximum absolute atomic E-state index is 10.6. The average molecular weight is 382 g/mol. The van der Waals surface area contributed by atoms with Gasteiger partial charge in [-0.3, -0.25) is 4.79 Å². The van der Waals surface area contributed by atoms with Gasteiger partial charge in [0.05, 0.1) is 11.8 Å². The van der Waals surface area contributed by atoms with Crippen LogP contribution in [0.4, 0.5) is 10.8 Å². The van der Waals surface area contributed by atoms with Crippen LogP contribution < -0.4 is 10.1 Å². The van der Waals surface area contributed by atoms with E-state index in [0.29, 0.717) is 6.42 Å². The summed E-state index contributed by atoms with van der Waals surface area (Å²) < 4.78 is 5.67. The van der Waals surface area contributed by atoms with Crippen molar-refractivity contribution >= 4 is 28.1 Å². The van der Waals surface area contributed by atoms with E-state index in [1.807, 2.05) is 67.8 Å². The molecule has 140 valence electrons. The molecule has 0 saturated heterocycles. The van der Waals surface area contributed by atoms with Crippen molar-refractivity contribution in [3.63, 3.8) is 0 Å². The summed E-state index contributed by atoms with van der Waals surface area (Å²) in [7, 11) is 0. The molecule has 2 N–H and O–H groups in total. The van der Waals surface area contributed by atoms with Gasteiger partial charge >= 0.3 is 5.97 Å². The zero-order chi connectivity index (χ0) is 19.2. The van der Waals surface area contributed by atoms with E-state index in [1.54, 1.807) is 11.3 Å². The van der Waals surface area contributed by atoms with E-state index in [4.69, 9.17) is 9.84 Å². The van der Waals surface area contributed by atoms with Crippen LogP contribution in [0, 0.1) is 0 Å². The van der Waals surface area contributed by atoms with Crippen LogP contribution in [0.25, 0.3) is 11.3 Å². The average Bonchev–Trinajstić information content (AvgIpc) is 3.10. The molecule has 27 heavy (non-hydrogen) atoms. The standard InChI is InChI=1S/C21H22N2O3S/c1-14(2)26-18-10-6-16(7-11-18)19-13-27-21(23-19)22-17-8-3-15(4-9-17)5-12-20(24)25/h3-4,6-11,13-14H,5,12H2,1-2H3,(H,22,23)(H,24,25). The first kappa shape index (κ1) is 18.9. The lowest BCUT2D eigenvalue weighted by atomic mass is 10.1. The summed E-state index contributed by atoms with van der Waals surface area (Å²) in [5.74, 6) is 0.0710. The summed E-state index contributed by atoms with van der Waals surface area (Å²) >= 11 is 1.54. The van der Waals surface area contributed by atoms with Crippen LogP contribution in [0.15, 0.2) is 53.9 Å². The van der Waals surface area contributed by atoms with Gasteiger partial charge in [0.1, 0.15) is 5.75 Å². The predicted octanol–water partition coefficient (Wildman–Crippen LogP) is 5.36. The van der Waals surface area contributed by atoms with Gasteiger partial charge in [0.15, 0.2) is 5.13 Å². The van der Waals surface area contributed by atoms with Gasteiger partial charge in [-0.25, -0.2) is 4.98 Å². The molecule has 3 rings (SSSR count). The Morgan fingerprint density at radius 2 is 1.85 bits per heavy atom. The summed E-state index contributed by atoms with van der Waals surface area (Å²) in [6.45, 7) is 4.01. The van der Waals surface area contributed by atoms with Crippen molar-refractivity contribution < 1.29 is 14.6 Å². The summed E-state index contributed by atoms with van der Waals surface area (Å²) in [6, 6.07) is 15.7. The second-order valence-electron chi connectivity index (χ2n) is 6.44. The first-order chi connectivity index (χ1) is 13.0. The Morgan fingerprint density at radius 3 is 2.48 bits per heavy atom. The van der Waals surface area contributed by atoms with Gasteiger partial charge in [0, 0.05) is 23.1 Å². The fraction of sp³-hybridized carbons (Fsp3) is 0.238. The second kappa shape index (κ2) is 8.68. The Labute approximate surface area is 162 Å². The molecule has 3 aromatic rings. The number of anilines is 2. The molecule has 1 heterocycles. The van der Waals surface area contributed by atoms with Gasteiger partial charge in [-0.05, 0) is 62.2 Å². The quantitative estimate of drug-likeness (QED) is 0.549. The Bertz CT molecular complexity index is 887. The van der Waals surface area contributed by atoms with Gasteiger partial charge in [-0.1, -0.05) is 12.1 Å². The molecule has 0 fully saturated rings. The zero-order valence-electron chi connectivity index (χ0n) is 15.3. The fourth-order valence-corrected chi connectivity index (χ4v) is 3.31. The summed E-state index contributed by atoms with van der Waals surface area (Å²) in [6.07, 6.45) is 0.832. The van der Waals surface area contributed by atoms with Gasteiger partial charge in [-0.15, -0.1) is 11.3 Å². The molecule has 1 aromatic heterocycles. The van der Waals surface area contributed by atoms with Crippen molar-refractivity contribution in [1.29, 1.82) is 0 Å². The number of aryl methyl sites for hydroxylation is 1. The van der Waals surface area contributed by atoms with Gasteiger partial charge in [0.2, 0.25) is 0 Å². The third-order valence-corrected chi connectivity index (χ3v) is 4.62. The molecule has 0 aliphatic heterocycles. The van der Waals surface area contributed by atoms with Gasteiger partial charge in [-0.2, -0.15) is 0 Å². The number of aliphatic carboxylic acids is 1. The molecular weight excluding hydrogens is 360 g/mol. The van der Waals surface area contributed by atoms with E-state index < -0.39 is 5.97 Å². The molecule has 2 aromatic carbocycles. The number of hydrogen-bond acceptors (Lipinski definition) is 5. The van der Waals surface area contributed by atoms with Gasteiger partial charge in [0.25, 0.3) is 0 Å². The molecule has 0 bridgehead atoms. The third-order valence-electron chi connectivity index (χ3n) is 3.86. The number of carboxylic acids is 1. The van der Waals surface area contributed by atoms with Crippen LogP contribution in [0.1, 0.15) is 25.8 Å². The van der Waals surface area contributed by atoms with E-state index in [9.17, 15) is 4.79 Å². The molecule has 0 aliphatic carbocycles. The van der Waals surface area contributed by atoms with Crippen molar-refractivity contribution in [2.24, 2.45) is 0 Å². The van der Waals surface area contributed by atoms with Crippen molar-refractivity contribution in [2.75, 3.05) is 5.32 Å². The van der Waals surface area contributed by atoms with Crippen molar-refractivity contribution in [3.8, 4) is 17.0 Å². The number of carbonyl (C=O) groups is 1. The largest absolute Gasteiger partial charge is 0.491 e. The normalized spacial score (nSPS) is 10.8. The Hall–Kier alpha value is -2.86. The number of benzene rings is 2. The van der Waals surface area contributed by atoms with Crippen LogP contribution in [0.2, 0.25) is 0 Å². The number of nitrogens with one attached hydrogen (secondary N) is 1. The monoisotopic (exact) mass is 382 g/mol. The zero-order valence-corrected chi connectivity index (χ0v) is 16.1. The number of carboxylic acid groups (broad SMARTS) is 1. The molecule has 0 aliphatic rings. The molecule has 6 heteroatoms. The number of nitrogens with zero attached hydrogens (tertiary/aromatic N) is 1. The lowest BCUT2D eigenvalue weighted by Crippen LogP contribution is -2.05. The lowest BCUT2D eigenvalue weighted by Gasteiger charge is -2.09. The van der Waals surface area contributed by atoms with Crippen molar-refractivity contribution in [2.45, 2.75) is 32.8 Å². The van der Waals surface area contributed by atoms with Crippen molar-refractivity contribution in [3.05, 3.63) is 59.5 Å². The van der Waals surface area contributed by atoms with Crippen LogP contribution in [-0.2, 0) is 11.2 Å². The first-order valence-electron chi connectivity index (χ1n) is 8.80. The molecule has 0 spiro atoms. The Kier molecular flexibility index (Phi) is 6.08. The summed E-state index contributed by atoms with van der Waals surface area (Å²) in [4.78, 5) is 15.3. The number of aromatic nitrogens is 1. The highest BCUT2D eigenvalue weighted by Gasteiger charge is 2.06. The minimum Gasteiger partial charge on any atom is -0.491 e. The van der Waals surface area contributed by atoms with E-state index in [-0.39, 0.29) is 12.5 Å². The van der Waals surface area contributed by atoms with E-state index >= 15 is 0 Å². The molecule has 0 atom stereocenters. The molecule has 5 nitrogen and oxygen atoms in total. The Morgan fingerprint density at radius 1 is 1.15 bits per heavy atom. The number of hydrogen-bond donors (Lipinski definition) is 2. The first-order valence-corrected chi connectivity index (χ1v) is 9.68. The SMILES string of the molecule is CC(C)Oc1ccc(-c2csc(Nc3ccc(CCC(=O)O)cc3)n2)cc1. The van der Waals surface area contributed by atoms with Crippen LogP contribution in [-0.4, -0.2) is 22.2 Å². The molecule has 0 amide bonds. The Balaban J connectivity index is 1.63. The highest BCUT2D eigenvalue weighted by molar-refractivity contribution is 7.14. The number of thiazole rings is 1. The van der Waals surface area contributed by atoms with Crippen molar-refractivity contribution in [1.82, 2.24) is 4.98 Å². The second-order valence-corrected chi connectivity index (χ2v) is 7.30. The maximum Gasteiger partial charge on any atom is 0.303 e. The van der Waals surface area contributed by atoms with Crippen LogP contribution in [0.3, 0.4) is 0 Å². The predicted molar refractivity (Wildman–Crippen MR) is 109 cm³/mol. The van der Waals surface area contributed by atoms with E-state index in [2.05, 4.69) is 10.3 Å². The highest BCUT2D eigenvalue weighted by atomic mass is 32.1. The lowest BCUT2D eigenvalue weighted by molar-refractivity contribution is -0.136. The smallest absolute Gasteiger partial charge is 0.303 e. The topological polar surface area (TPSA) is 71.5 Å². The minimum absolute atomic E-state index is 0.142. The number of rotatable bonds is 8. The molecular formula is C21H22N2O3S. The van der Waals surface area contributed by atoms with Gasteiger partial charge < -0.3 is 15.2 Å². The molecule has 0 radical (unpaired) electrons. The number of ether oxygens (including phenoxy) is 1. The van der Waals surface area contributed by atoms with E-state index in [1.165, 1.54) is 0 Å². The maximum atomic E-state index is 10.6. The molecule has 0 saturated carbocycles. The molecule has 0 unspecified atom stereocenters.